The van der Waals surface area contributed by atoms with Crippen LogP contribution in [0.1, 0.15) is 57.9 Å². The monoisotopic (exact) mass is 419 g/mol. The summed E-state index contributed by atoms with van der Waals surface area (Å²) in [6.45, 7) is 9.28. The SMILES string of the molecule is CCOC(=O)C1CN(C2CCC(OCC)(OCC)CC2)C[C@H]1c1ccc(OC)cc1. The van der Waals surface area contributed by atoms with Gasteiger partial charge in [-0.25, -0.2) is 0 Å². The van der Waals surface area contributed by atoms with E-state index in [1.807, 2.05) is 32.9 Å². The van der Waals surface area contributed by atoms with Crippen LogP contribution in [0.3, 0.4) is 0 Å². The fourth-order valence-electron chi connectivity index (χ4n) is 5.07. The van der Waals surface area contributed by atoms with Crippen LogP contribution in [-0.2, 0) is 19.0 Å². The fourth-order valence-corrected chi connectivity index (χ4v) is 5.07. The van der Waals surface area contributed by atoms with Crippen molar-refractivity contribution in [1.82, 2.24) is 4.90 Å². The number of rotatable bonds is 9. The van der Waals surface area contributed by atoms with Crippen LogP contribution >= 0.6 is 0 Å². The van der Waals surface area contributed by atoms with Crippen LogP contribution in [0.4, 0.5) is 0 Å². The highest BCUT2D eigenvalue weighted by Crippen LogP contribution is 2.40. The minimum absolute atomic E-state index is 0.0883. The Hall–Kier alpha value is -1.63. The second-order valence-corrected chi connectivity index (χ2v) is 8.20. The highest BCUT2D eigenvalue weighted by Gasteiger charge is 2.45. The summed E-state index contributed by atoms with van der Waals surface area (Å²) in [7, 11) is 1.67. The van der Waals surface area contributed by atoms with Crippen LogP contribution in [0.5, 0.6) is 5.75 Å². The Labute approximate surface area is 180 Å². The number of hydrogen-bond donors (Lipinski definition) is 0. The van der Waals surface area contributed by atoms with Gasteiger partial charge in [-0.3, -0.25) is 9.69 Å². The maximum atomic E-state index is 12.7. The Morgan fingerprint density at radius 1 is 1.00 bits per heavy atom. The minimum Gasteiger partial charge on any atom is -0.497 e. The van der Waals surface area contributed by atoms with Crippen molar-refractivity contribution < 1.29 is 23.7 Å². The third kappa shape index (κ3) is 5.16. The molecule has 0 amide bonds. The van der Waals surface area contributed by atoms with Crippen LogP contribution in [0.2, 0.25) is 0 Å². The van der Waals surface area contributed by atoms with Crippen molar-refractivity contribution in [3.8, 4) is 5.75 Å². The number of ether oxygens (including phenoxy) is 4. The van der Waals surface area contributed by atoms with Gasteiger partial charge in [0.05, 0.1) is 19.6 Å². The van der Waals surface area contributed by atoms with Gasteiger partial charge >= 0.3 is 5.97 Å². The van der Waals surface area contributed by atoms with Gasteiger partial charge in [0.1, 0.15) is 5.75 Å². The fraction of sp³-hybridized carbons (Fsp3) is 0.708. The molecule has 1 aromatic rings. The van der Waals surface area contributed by atoms with E-state index in [0.29, 0.717) is 25.9 Å². The van der Waals surface area contributed by atoms with Crippen LogP contribution in [-0.4, -0.2) is 62.7 Å². The largest absolute Gasteiger partial charge is 0.497 e. The van der Waals surface area contributed by atoms with E-state index in [4.69, 9.17) is 18.9 Å². The van der Waals surface area contributed by atoms with E-state index in [1.165, 1.54) is 5.56 Å². The quantitative estimate of drug-likeness (QED) is 0.446. The van der Waals surface area contributed by atoms with E-state index >= 15 is 0 Å². The van der Waals surface area contributed by atoms with Crippen molar-refractivity contribution in [1.29, 1.82) is 0 Å². The van der Waals surface area contributed by atoms with Gasteiger partial charge in [-0.1, -0.05) is 12.1 Å². The van der Waals surface area contributed by atoms with Gasteiger partial charge in [0.25, 0.3) is 0 Å². The molecule has 2 atom stereocenters. The molecule has 6 nitrogen and oxygen atoms in total. The number of carbonyl (C=O) groups excluding carboxylic acids is 1. The Kier molecular flexibility index (Phi) is 8.14. The third-order valence-corrected chi connectivity index (χ3v) is 6.53. The Bertz CT molecular complexity index is 661. The average molecular weight is 420 g/mol. The van der Waals surface area contributed by atoms with Gasteiger partial charge in [0.2, 0.25) is 0 Å². The molecule has 0 aromatic heterocycles. The molecule has 0 bridgehead atoms. The standard InChI is InChI=1S/C24H37NO5/c1-5-28-23(26)22-17-25(16-21(22)18-8-10-20(27-4)11-9-18)19-12-14-24(15-13-19,29-6-2)30-7-3/h8-11,19,21-22H,5-7,12-17H2,1-4H3/t21-,22?/m0/s1. The molecule has 1 unspecified atom stereocenters. The summed E-state index contributed by atoms with van der Waals surface area (Å²) in [6.07, 6.45) is 3.83. The zero-order valence-corrected chi connectivity index (χ0v) is 18.9. The van der Waals surface area contributed by atoms with Crippen molar-refractivity contribution in [2.24, 2.45) is 5.92 Å². The van der Waals surface area contributed by atoms with Gasteiger partial charge in [0, 0.05) is 51.1 Å². The van der Waals surface area contributed by atoms with Gasteiger partial charge in [-0.15, -0.1) is 0 Å². The van der Waals surface area contributed by atoms with Crippen LogP contribution in [0, 0.1) is 5.92 Å². The molecule has 0 spiro atoms. The normalized spacial score (nSPS) is 24.7. The molecule has 2 fully saturated rings. The molecule has 30 heavy (non-hydrogen) atoms. The predicted octanol–water partition coefficient (Wildman–Crippen LogP) is 3.99. The zero-order valence-electron chi connectivity index (χ0n) is 18.9. The lowest BCUT2D eigenvalue weighted by atomic mass is 9.88. The minimum atomic E-state index is -0.435. The molecule has 1 saturated heterocycles. The molecule has 3 rings (SSSR count). The maximum Gasteiger partial charge on any atom is 0.310 e. The summed E-state index contributed by atoms with van der Waals surface area (Å²) < 4.78 is 22.7. The summed E-state index contributed by atoms with van der Waals surface area (Å²) in [5.74, 6) is 0.311. The first-order chi connectivity index (χ1) is 14.6. The summed E-state index contributed by atoms with van der Waals surface area (Å²) in [4.78, 5) is 15.2. The second-order valence-electron chi connectivity index (χ2n) is 8.20. The van der Waals surface area contributed by atoms with E-state index in [-0.39, 0.29) is 17.8 Å². The molecule has 0 radical (unpaired) electrons. The van der Waals surface area contributed by atoms with Gasteiger partial charge in [-0.2, -0.15) is 0 Å². The number of methoxy groups -OCH3 is 1. The first-order valence-corrected chi connectivity index (χ1v) is 11.4. The van der Waals surface area contributed by atoms with Crippen molar-refractivity contribution in [3.63, 3.8) is 0 Å². The van der Waals surface area contributed by atoms with Crippen molar-refractivity contribution >= 4 is 5.97 Å². The number of esters is 1. The molecular formula is C24H37NO5. The van der Waals surface area contributed by atoms with Crippen molar-refractivity contribution in [2.75, 3.05) is 40.0 Å². The van der Waals surface area contributed by atoms with E-state index in [9.17, 15) is 4.79 Å². The molecule has 1 aliphatic heterocycles. The molecule has 0 N–H and O–H groups in total. The first-order valence-electron chi connectivity index (χ1n) is 11.4. The molecule has 6 heteroatoms. The van der Waals surface area contributed by atoms with E-state index in [2.05, 4.69) is 17.0 Å². The summed E-state index contributed by atoms with van der Waals surface area (Å²) in [5.41, 5.74) is 1.17. The number of likely N-dealkylation sites (tertiary alicyclic amines) is 1. The zero-order chi connectivity index (χ0) is 21.6. The van der Waals surface area contributed by atoms with Crippen molar-refractivity contribution in [3.05, 3.63) is 29.8 Å². The van der Waals surface area contributed by atoms with Crippen LogP contribution in [0.25, 0.3) is 0 Å². The summed E-state index contributed by atoms with van der Waals surface area (Å²) in [6, 6.07) is 8.54. The lowest BCUT2D eigenvalue weighted by molar-refractivity contribution is -0.252. The summed E-state index contributed by atoms with van der Waals surface area (Å²) in [5, 5.41) is 0. The van der Waals surface area contributed by atoms with E-state index < -0.39 is 5.79 Å². The number of benzene rings is 1. The van der Waals surface area contributed by atoms with Crippen molar-refractivity contribution in [2.45, 2.75) is 64.2 Å². The van der Waals surface area contributed by atoms with Gasteiger partial charge in [0.15, 0.2) is 5.79 Å². The molecular weight excluding hydrogens is 382 g/mol. The average Bonchev–Trinajstić information content (AvgIpc) is 3.20. The topological polar surface area (TPSA) is 57.2 Å². The lowest BCUT2D eigenvalue weighted by Crippen LogP contribution is -2.46. The van der Waals surface area contributed by atoms with Gasteiger partial charge < -0.3 is 18.9 Å². The molecule has 1 aliphatic carbocycles. The highest BCUT2D eigenvalue weighted by molar-refractivity contribution is 5.74. The maximum absolute atomic E-state index is 12.7. The molecule has 2 aliphatic rings. The second kappa shape index (κ2) is 10.6. The number of carbonyl (C=O) groups is 1. The number of nitrogens with zero attached hydrogens (tertiary/aromatic N) is 1. The van der Waals surface area contributed by atoms with E-state index in [0.717, 1.165) is 44.5 Å². The predicted molar refractivity (Wildman–Crippen MR) is 116 cm³/mol. The third-order valence-electron chi connectivity index (χ3n) is 6.53. The smallest absolute Gasteiger partial charge is 0.310 e. The number of hydrogen-bond acceptors (Lipinski definition) is 6. The molecule has 168 valence electrons. The summed E-state index contributed by atoms with van der Waals surface area (Å²) >= 11 is 0. The van der Waals surface area contributed by atoms with Crippen LogP contribution < -0.4 is 4.74 Å². The molecule has 1 heterocycles. The highest BCUT2D eigenvalue weighted by atomic mass is 16.7. The molecule has 1 saturated carbocycles. The molecule has 1 aromatic carbocycles. The Morgan fingerprint density at radius 2 is 1.63 bits per heavy atom. The Balaban J connectivity index is 1.71. The lowest BCUT2D eigenvalue weighted by Gasteiger charge is -2.42. The Morgan fingerprint density at radius 3 is 2.17 bits per heavy atom. The van der Waals surface area contributed by atoms with Gasteiger partial charge in [-0.05, 0) is 51.3 Å². The van der Waals surface area contributed by atoms with Crippen LogP contribution in [0.15, 0.2) is 24.3 Å². The van der Waals surface area contributed by atoms with E-state index in [1.54, 1.807) is 7.11 Å². The first kappa shape index (κ1) is 23.0.